The van der Waals surface area contributed by atoms with Gasteiger partial charge in [-0.15, -0.1) is 0 Å². The minimum absolute atomic E-state index is 0.0958. The molecule has 0 radical (unpaired) electrons. The number of methoxy groups -OCH3 is 1. The molecule has 1 aliphatic rings. The molecule has 1 atom stereocenters. The zero-order valence-corrected chi connectivity index (χ0v) is 13.0. The first-order valence-corrected chi connectivity index (χ1v) is 7.01. The van der Waals surface area contributed by atoms with Crippen molar-refractivity contribution in [3.05, 3.63) is 16.4 Å². The Morgan fingerprint density at radius 3 is 2.80 bits per heavy atom. The van der Waals surface area contributed by atoms with E-state index in [0.717, 1.165) is 0 Å². The van der Waals surface area contributed by atoms with Crippen molar-refractivity contribution in [3.8, 4) is 0 Å². The van der Waals surface area contributed by atoms with E-state index in [4.69, 9.17) is 10.5 Å². The summed E-state index contributed by atoms with van der Waals surface area (Å²) in [6, 6.07) is 0. The minimum Gasteiger partial charge on any atom is -0.382 e. The molecule has 2 N–H and O–H groups in total. The Kier molecular flexibility index (Phi) is 4.14. The van der Waals surface area contributed by atoms with Gasteiger partial charge in [-0.05, 0) is 28.8 Å². The molecular formula is C12H17BrN4O3. The van der Waals surface area contributed by atoms with Crippen molar-refractivity contribution in [2.75, 3.05) is 20.3 Å². The second kappa shape index (κ2) is 5.53. The Hall–Kier alpha value is -1.41. The van der Waals surface area contributed by atoms with Gasteiger partial charge in [0.05, 0.1) is 11.1 Å². The van der Waals surface area contributed by atoms with Crippen LogP contribution < -0.4 is 5.73 Å². The quantitative estimate of drug-likeness (QED) is 0.849. The van der Waals surface area contributed by atoms with Crippen molar-refractivity contribution in [1.29, 1.82) is 0 Å². The highest BCUT2D eigenvalue weighted by Gasteiger charge is 2.49. The largest absolute Gasteiger partial charge is 0.382 e. The Morgan fingerprint density at radius 2 is 2.30 bits per heavy atom. The summed E-state index contributed by atoms with van der Waals surface area (Å²) in [6.45, 7) is 0.562. The number of hydrogen-bond donors (Lipinski definition) is 1. The summed E-state index contributed by atoms with van der Waals surface area (Å²) in [5.41, 5.74) is 4.71. The van der Waals surface area contributed by atoms with E-state index < -0.39 is 11.4 Å². The lowest BCUT2D eigenvalue weighted by molar-refractivity contribution is -0.130. The number of carbonyl (C=O) groups excluding carboxylic acids is 2. The molecule has 1 unspecified atom stereocenters. The van der Waals surface area contributed by atoms with E-state index in [1.165, 1.54) is 16.7 Å². The molecule has 1 saturated heterocycles. The van der Waals surface area contributed by atoms with Crippen LogP contribution in [0.25, 0.3) is 0 Å². The van der Waals surface area contributed by atoms with E-state index in [1.807, 2.05) is 0 Å². The molecule has 110 valence electrons. The molecule has 1 fully saturated rings. The smallest absolute Gasteiger partial charge is 0.276 e. The molecule has 0 bridgehead atoms. The predicted octanol–water partition coefficient (Wildman–Crippen LogP) is 0.289. The third-order valence-corrected chi connectivity index (χ3v) is 4.14. The van der Waals surface area contributed by atoms with Gasteiger partial charge >= 0.3 is 0 Å². The first-order valence-electron chi connectivity index (χ1n) is 6.22. The van der Waals surface area contributed by atoms with Crippen LogP contribution in [-0.2, 0) is 16.6 Å². The van der Waals surface area contributed by atoms with E-state index in [-0.39, 0.29) is 18.2 Å². The average Bonchev–Trinajstić information content (AvgIpc) is 2.93. The van der Waals surface area contributed by atoms with Gasteiger partial charge in [0.2, 0.25) is 5.91 Å². The Balaban J connectivity index is 2.37. The molecule has 0 aromatic carbocycles. The fraction of sp³-hybridized carbons (Fsp3) is 0.583. The Morgan fingerprint density at radius 1 is 1.60 bits per heavy atom. The van der Waals surface area contributed by atoms with Gasteiger partial charge in [-0.1, -0.05) is 0 Å². The Bertz CT molecular complexity index is 545. The average molecular weight is 345 g/mol. The number of carbonyl (C=O) groups is 2. The molecular weight excluding hydrogens is 328 g/mol. The molecule has 2 heterocycles. The van der Waals surface area contributed by atoms with E-state index in [1.54, 1.807) is 13.2 Å². The summed E-state index contributed by atoms with van der Waals surface area (Å²) in [5, 5.41) is 4.13. The molecule has 8 heteroatoms. The number of amides is 2. The van der Waals surface area contributed by atoms with Crippen molar-refractivity contribution in [3.63, 3.8) is 0 Å². The zero-order valence-electron chi connectivity index (χ0n) is 11.4. The molecule has 2 amide bonds. The maximum absolute atomic E-state index is 12.6. The van der Waals surface area contributed by atoms with E-state index in [0.29, 0.717) is 23.9 Å². The third-order valence-electron chi connectivity index (χ3n) is 3.56. The van der Waals surface area contributed by atoms with Crippen molar-refractivity contribution >= 4 is 27.7 Å². The highest BCUT2D eigenvalue weighted by atomic mass is 79.9. The number of rotatable bonds is 4. The molecule has 0 aliphatic carbocycles. The van der Waals surface area contributed by atoms with Crippen LogP contribution in [0, 0.1) is 0 Å². The van der Waals surface area contributed by atoms with Crippen LogP contribution in [0.3, 0.4) is 0 Å². The maximum atomic E-state index is 12.6. The van der Waals surface area contributed by atoms with E-state index in [2.05, 4.69) is 21.0 Å². The number of aryl methyl sites for hydroxylation is 1. The molecule has 0 saturated carbocycles. The maximum Gasteiger partial charge on any atom is 0.276 e. The second-order valence-corrected chi connectivity index (χ2v) is 5.74. The standard InChI is InChI=1S/C12H17BrN4O3/c1-16-6-8(13)9(15-16)10(18)17-5-3-4-12(17,7-20-2)11(14)19/h6H,3-5,7H2,1-2H3,(H2,14,19). The SMILES string of the molecule is COCC1(C(N)=O)CCCN1C(=O)c1nn(C)cc1Br. The van der Waals surface area contributed by atoms with Crippen LogP contribution in [0.1, 0.15) is 23.3 Å². The molecule has 0 spiro atoms. The highest BCUT2D eigenvalue weighted by molar-refractivity contribution is 9.10. The molecule has 20 heavy (non-hydrogen) atoms. The van der Waals surface area contributed by atoms with Crippen LogP contribution in [0.15, 0.2) is 10.7 Å². The van der Waals surface area contributed by atoms with Crippen molar-refractivity contribution in [2.45, 2.75) is 18.4 Å². The molecule has 7 nitrogen and oxygen atoms in total. The summed E-state index contributed by atoms with van der Waals surface area (Å²) < 4.78 is 7.24. The fourth-order valence-corrected chi connectivity index (χ4v) is 3.17. The zero-order chi connectivity index (χ0) is 14.9. The van der Waals surface area contributed by atoms with Gasteiger partial charge in [-0.25, -0.2) is 0 Å². The van der Waals surface area contributed by atoms with Crippen molar-refractivity contribution in [1.82, 2.24) is 14.7 Å². The summed E-state index contributed by atoms with van der Waals surface area (Å²) in [5.74, 6) is -0.858. The van der Waals surface area contributed by atoms with Crippen molar-refractivity contribution < 1.29 is 14.3 Å². The lowest BCUT2D eigenvalue weighted by Crippen LogP contribution is -2.58. The summed E-state index contributed by atoms with van der Waals surface area (Å²) in [7, 11) is 3.21. The molecule has 1 aliphatic heterocycles. The second-order valence-electron chi connectivity index (χ2n) is 4.89. The van der Waals surface area contributed by atoms with Crippen LogP contribution in [-0.4, -0.2) is 52.3 Å². The molecule has 1 aromatic heterocycles. The first-order chi connectivity index (χ1) is 9.42. The summed E-state index contributed by atoms with van der Waals surface area (Å²) in [6.07, 6.45) is 2.90. The summed E-state index contributed by atoms with van der Waals surface area (Å²) >= 11 is 3.30. The van der Waals surface area contributed by atoms with Crippen LogP contribution in [0.4, 0.5) is 0 Å². The van der Waals surface area contributed by atoms with Crippen molar-refractivity contribution in [2.24, 2.45) is 12.8 Å². The number of aromatic nitrogens is 2. The number of nitrogens with two attached hydrogens (primary N) is 1. The fourth-order valence-electron chi connectivity index (χ4n) is 2.62. The number of halogens is 1. The lowest BCUT2D eigenvalue weighted by atomic mass is 9.96. The van der Waals surface area contributed by atoms with Gasteiger partial charge < -0.3 is 15.4 Å². The number of ether oxygens (including phenoxy) is 1. The van der Waals surface area contributed by atoms with Crippen LogP contribution in [0.5, 0.6) is 0 Å². The van der Waals surface area contributed by atoms with Crippen LogP contribution in [0.2, 0.25) is 0 Å². The van der Waals surface area contributed by atoms with Gasteiger partial charge in [-0.2, -0.15) is 5.10 Å². The van der Waals surface area contributed by atoms with E-state index in [9.17, 15) is 9.59 Å². The first kappa shape index (κ1) is 15.0. The number of primary amides is 1. The monoisotopic (exact) mass is 344 g/mol. The number of nitrogens with zero attached hydrogens (tertiary/aromatic N) is 3. The van der Waals surface area contributed by atoms with Crippen LogP contribution >= 0.6 is 15.9 Å². The number of hydrogen-bond acceptors (Lipinski definition) is 4. The summed E-state index contributed by atoms with van der Waals surface area (Å²) in [4.78, 5) is 26.0. The van der Waals surface area contributed by atoms with E-state index >= 15 is 0 Å². The van der Waals surface area contributed by atoms with Gasteiger partial charge in [0.25, 0.3) is 5.91 Å². The van der Waals surface area contributed by atoms with Gasteiger partial charge in [-0.3, -0.25) is 14.3 Å². The van der Waals surface area contributed by atoms with Gasteiger partial charge in [0.1, 0.15) is 5.54 Å². The normalized spacial score (nSPS) is 22.2. The number of likely N-dealkylation sites (tertiary alicyclic amines) is 1. The topological polar surface area (TPSA) is 90.4 Å². The minimum atomic E-state index is -1.08. The Labute approximate surface area is 125 Å². The third kappa shape index (κ3) is 2.33. The lowest BCUT2D eigenvalue weighted by Gasteiger charge is -2.34. The highest BCUT2D eigenvalue weighted by Crippen LogP contribution is 2.32. The van der Waals surface area contributed by atoms with Gasteiger partial charge in [0.15, 0.2) is 5.69 Å². The predicted molar refractivity (Wildman–Crippen MR) is 75.0 cm³/mol. The molecule has 2 rings (SSSR count). The van der Waals surface area contributed by atoms with Gasteiger partial charge in [0, 0.05) is 26.9 Å². The molecule has 1 aromatic rings.